The SMILES string of the molecule is C/C(=N/N=C(\C(=O)c1ccccc1)c1ccccc1)c1cccc(N)c1. The minimum atomic E-state index is -0.166. The zero-order valence-electron chi connectivity index (χ0n) is 14.5. The molecule has 3 aromatic rings. The van der Waals surface area contributed by atoms with E-state index in [0.29, 0.717) is 22.7 Å². The lowest BCUT2D eigenvalue weighted by Crippen LogP contribution is -2.15. The zero-order valence-corrected chi connectivity index (χ0v) is 14.5. The summed E-state index contributed by atoms with van der Waals surface area (Å²) in [5.74, 6) is -0.166. The largest absolute Gasteiger partial charge is 0.399 e. The molecular formula is C22H19N3O. The molecule has 0 fully saturated rings. The van der Waals surface area contributed by atoms with Crippen LogP contribution in [0, 0.1) is 0 Å². The molecule has 4 nitrogen and oxygen atoms in total. The highest BCUT2D eigenvalue weighted by molar-refractivity contribution is 6.51. The summed E-state index contributed by atoms with van der Waals surface area (Å²) >= 11 is 0. The van der Waals surface area contributed by atoms with Crippen molar-refractivity contribution in [2.45, 2.75) is 6.92 Å². The minimum absolute atomic E-state index is 0.166. The Morgan fingerprint density at radius 2 is 1.31 bits per heavy atom. The molecule has 128 valence electrons. The van der Waals surface area contributed by atoms with Gasteiger partial charge < -0.3 is 5.73 Å². The zero-order chi connectivity index (χ0) is 18.4. The Balaban J connectivity index is 2.02. The summed E-state index contributed by atoms with van der Waals surface area (Å²) in [7, 11) is 0. The Morgan fingerprint density at radius 1 is 0.731 bits per heavy atom. The monoisotopic (exact) mass is 341 g/mol. The maximum absolute atomic E-state index is 12.9. The van der Waals surface area contributed by atoms with Crippen molar-refractivity contribution in [1.29, 1.82) is 0 Å². The van der Waals surface area contributed by atoms with Crippen molar-refractivity contribution >= 4 is 22.9 Å². The van der Waals surface area contributed by atoms with E-state index in [1.165, 1.54) is 0 Å². The van der Waals surface area contributed by atoms with Gasteiger partial charge in [-0.25, -0.2) is 0 Å². The number of nitrogens with two attached hydrogens (primary N) is 1. The molecule has 0 aromatic heterocycles. The molecule has 0 saturated carbocycles. The van der Waals surface area contributed by atoms with Crippen molar-refractivity contribution in [3.8, 4) is 0 Å². The van der Waals surface area contributed by atoms with Gasteiger partial charge in [0, 0.05) is 16.8 Å². The first-order valence-corrected chi connectivity index (χ1v) is 8.28. The van der Waals surface area contributed by atoms with Gasteiger partial charge in [-0.1, -0.05) is 72.8 Å². The first kappa shape index (κ1) is 17.3. The summed E-state index contributed by atoms with van der Waals surface area (Å²) in [5, 5.41) is 8.58. The number of nitrogens with zero attached hydrogens (tertiary/aromatic N) is 2. The van der Waals surface area contributed by atoms with Gasteiger partial charge in [0.15, 0.2) is 0 Å². The third-order valence-corrected chi connectivity index (χ3v) is 3.90. The molecule has 0 aliphatic rings. The van der Waals surface area contributed by atoms with Crippen LogP contribution in [0.25, 0.3) is 0 Å². The Kier molecular flexibility index (Phi) is 5.34. The third kappa shape index (κ3) is 4.11. The highest BCUT2D eigenvalue weighted by Gasteiger charge is 2.16. The van der Waals surface area contributed by atoms with E-state index >= 15 is 0 Å². The van der Waals surface area contributed by atoms with Gasteiger partial charge in [0.25, 0.3) is 0 Å². The number of hydrogen-bond acceptors (Lipinski definition) is 4. The summed E-state index contributed by atoms with van der Waals surface area (Å²) < 4.78 is 0. The highest BCUT2D eigenvalue weighted by atomic mass is 16.1. The van der Waals surface area contributed by atoms with Gasteiger partial charge in [0.2, 0.25) is 5.78 Å². The molecule has 26 heavy (non-hydrogen) atoms. The number of anilines is 1. The number of nitrogen functional groups attached to an aromatic ring is 1. The molecule has 0 atom stereocenters. The van der Waals surface area contributed by atoms with E-state index in [1.807, 2.05) is 79.7 Å². The van der Waals surface area contributed by atoms with E-state index in [9.17, 15) is 4.79 Å². The van der Waals surface area contributed by atoms with Crippen LogP contribution in [0.15, 0.2) is 95.1 Å². The molecule has 0 heterocycles. The fourth-order valence-electron chi connectivity index (χ4n) is 2.50. The van der Waals surface area contributed by atoms with E-state index < -0.39 is 0 Å². The van der Waals surface area contributed by atoms with Gasteiger partial charge in [0.05, 0.1) is 5.71 Å². The number of benzene rings is 3. The second-order valence-electron chi connectivity index (χ2n) is 5.82. The van der Waals surface area contributed by atoms with Gasteiger partial charge in [-0.2, -0.15) is 5.10 Å². The van der Waals surface area contributed by atoms with Crippen LogP contribution in [0.3, 0.4) is 0 Å². The fraction of sp³-hybridized carbons (Fsp3) is 0.0455. The van der Waals surface area contributed by atoms with Crippen LogP contribution in [0.2, 0.25) is 0 Å². The average molecular weight is 341 g/mol. The van der Waals surface area contributed by atoms with E-state index in [2.05, 4.69) is 10.2 Å². The van der Waals surface area contributed by atoms with Crippen LogP contribution >= 0.6 is 0 Å². The molecule has 2 N–H and O–H groups in total. The maximum Gasteiger partial charge on any atom is 0.213 e. The molecule has 0 aliphatic heterocycles. The van der Waals surface area contributed by atoms with Gasteiger partial charge in [-0.3, -0.25) is 4.79 Å². The summed E-state index contributed by atoms with van der Waals surface area (Å²) in [4.78, 5) is 12.9. The molecule has 0 spiro atoms. The van der Waals surface area contributed by atoms with Crippen molar-refractivity contribution in [2.75, 3.05) is 5.73 Å². The van der Waals surface area contributed by atoms with Crippen LogP contribution in [-0.2, 0) is 0 Å². The number of rotatable bonds is 5. The van der Waals surface area contributed by atoms with E-state index in [-0.39, 0.29) is 5.78 Å². The molecular weight excluding hydrogens is 322 g/mol. The lowest BCUT2D eigenvalue weighted by molar-refractivity contribution is 0.106. The second kappa shape index (κ2) is 8.03. The number of carbonyl (C=O) groups excluding carboxylic acids is 1. The van der Waals surface area contributed by atoms with Crippen LogP contribution in [0.4, 0.5) is 5.69 Å². The first-order chi connectivity index (χ1) is 12.6. The molecule has 4 heteroatoms. The van der Waals surface area contributed by atoms with Gasteiger partial charge in [-0.15, -0.1) is 5.10 Å². The Morgan fingerprint density at radius 3 is 1.92 bits per heavy atom. The summed E-state index contributed by atoms with van der Waals surface area (Å²) in [6, 6.07) is 25.8. The third-order valence-electron chi connectivity index (χ3n) is 3.90. The fourth-order valence-corrected chi connectivity index (χ4v) is 2.50. The molecule has 3 rings (SSSR count). The van der Waals surface area contributed by atoms with Crippen molar-refractivity contribution in [2.24, 2.45) is 10.2 Å². The van der Waals surface area contributed by atoms with Crippen LogP contribution < -0.4 is 5.73 Å². The van der Waals surface area contributed by atoms with E-state index in [4.69, 9.17) is 5.73 Å². The molecule has 0 aliphatic carbocycles. The van der Waals surface area contributed by atoms with Gasteiger partial charge in [-0.05, 0) is 24.6 Å². The highest BCUT2D eigenvalue weighted by Crippen LogP contribution is 2.11. The Labute approximate surface area is 152 Å². The Hall–Kier alpha value is -3.53. The molecule has 0 radical (unpaired) electrons. The number of hydrogen-bond donors (Lipinski definition) is 1. The predicted molar refractivity (Wildman–Crippen MR) is 107 cm³/mol. The second-order valence-corrected chi connectivity index (χ2v) is 5.82. The molecule has 0 amide bonds. The van der Waals surface area contributed by atoms with Crippen LogP contribution in [0.5, 0.6) is 0 Å². The lowest BCUT2D eigenvalue weighted by atomic mass is 10.0. The topological polar surface area (TPSA) is 67.8 Å². The van der Waals surface area contributed by atoms with Crippen molar-refractivity contribution in [1.82, 2.24) is 0 Å². The van der Waals surface area contributed by atoms with Crippen molar-refractivity contribution in [3.63, 3.8) is 0 Å². The summed E-state index contributed by atoms with van der Waals surface area (Å²) in [6.45, 7) is 1.84. The van der Waals surface area contributed by atoms with Crippen molar-refractivity contribution in [3.05, 3.63) is 102 Å². The quantitative estimate of drug-likeness (QED) is 0.324. The average Bonchev–Trinajstić information content (AvgIpc) is 2.69. The van der Waals surface area contributed by atoms with E-state index in [1.54, 1.807) is 12.1 Å². The van der Waals surface area contributed by atoms with Crippen LogP contribution in [0.1, 0.15) is 28.4 Å². The van der Waals surface area contributed by atoms with E-state index in [0.717, 1.165) is 11.1 Å². The number of ketones is 1. The molecule has 0 saturated heterocycles. The maximum atomic E-state index is 12.9. The smallest absolute Gasteiger partial charge is 0.213 e. The molecule has 0 unspecified atom stereocenters. The standard InChI is InChI=1S/C22H19N3O/c1-16(19-13-8-14-20(23)15-19)24-25-21(17-9-4-2-5-10-17)22(26)18-11-6-3-7-12-18/h2-15H,23H2,1H3/b24-16-,25-21-. The molecule has 0 bridgehead atoms. The summed E-state index contributed by atoms with van der Waals surface area (Å²) in [5.41, 5.74) is 9.64. The summed E-state index contributed by atoms with van der Waals surface area (Å²) in [6.07, 6.45) is 0. The van der Waals surface area contributed by atoms with Crippen LogP contribution in [-0.4, -0.2) is 17.2 Å². The lowest BCUT2D eigenvalue weighted by Gasteiger charge is -2.05. The van der Waals surface area contributed by atoms with Gasteiger partial charge in [0.1, 0.15) is 5.71 Å². The Bertz CT molecular complexity index is 961. The number of carbonyl (C=O) groups is 1. The van der Waals surface area contributed by atoms with Gasteiger partial charge >= 0.3 is 0 Å². The minimum Gasteiger partial charge on any atom is -0.399 e. The van der Waals surface area contributed by atoms with Crippen molar-refractivity contribution < 1.29 is 4.79 Å². The molecule has 3 aromatic carbocycles. The number of Topliss-reactive ketones (excluding diaryl/α,β-unsaturated/α-hetero) is 1. The normalized spacial score (nSPS) is 12.0. The first-order valence-electron chi connectivity index (χ1n) is 8.28. The predicted octanol–water partition coefficient (Wildman–Crippen LogP) is 4.37.